The van der Waals surface area contributed by atoms with E-state index in [2.05, 4.69) is 77.2 Å². The Kier molecular flexibility index (Phi) is 1.98. The summed E-state index contributed by atoms with van der Waals surface area (Å²) in [6.07, 6.45) is 0. The molecule has 3 aromatic carbocycles. The molecule has 2 heterocycles. The van der Waals surface area contributed by atoms with Gasteiger partial charge in [0.2, 0.25) is 0 Å². The van der Waals surface area contributed by atoms with Crippen LogP contribution in [-0.2, 0) is 0 Å². The molecule has 0 unspecified atom stereocenters. The second kappa shape index (κ2) is 3.83. The van der Waals surface area contributed by atoms with Crippen molar-refractivity contribution in [1.29, 1.82) is 0 Å². The second-order valence-corrected chi connectivity index (χ2v) is 5.35. The van der Waals surface area contributed by atoms with Crippen molar-refractivity contribution in [3.8, 4) is 0 Å². The van der Waals surface area contributed by atoms with Gasteiger partial charge < -0.3 is 0 Å². The van der Waals surface area contributed by atoms with Crippen molar-refractivity contribution in [3.05, 3.63) is 72.8 Å². The number of nitrogens with zero attached hydrogens (tertiary/aromatic N) is 2. The van der Waals surface area contributed by atoms with E-state index in [4.69, 9.17) is 4.98 Å². The largest absolute Gasteiger partial charge is 0.292 e. The smallest absolute Gasteiger partial charge is 0.138 e. The highest BCUT2D eigenvalue weighted by atomic mass is 15.0. The lowest BCUT2D eigenvalue weighted by atomic mass is 10.1. The Balaban J connectivity index is 2.11. The first-order valence-electron chi connectivity index (χ1n) is 7.09. The molecule has 2 heteroatoms. The zero-order valence-corrected chi connectivity index (χ0v) is 11.3. The normalized spacial score (nSPS) is 11.8. The summed E-state index contributed by atoms with van der Waals surface area (Å²) in [5.74, 6) is 0. The van der Waals surface area contributed by atoms with Crippen molar-refractivity contribution < 1.29 is 0 Å². The van der Waals surface area contributed by atoms with Gasteiger partial charge in [-0.05, 0) is 35.0 Å². The van der Waals surface area contributed by atoms with Crippen LogP contribution in [0.25, 0.3) is 38.4 Å². The van der Waals surface area contributed by atoms with Crippen LogP contribution in [-0.4, -0.2) is 9.38 Å². The fourth-order valence-electron chi connectivity index (χ4n) is 3.19. The van der Waals surface area contributed by atoms with E-state index in [1.54, 1.807) is 0 Å². The Morgan fingerprint density at radius 1 is 0.619 bits per heavy atom. The highest BCUT2D eigenvalue weighted by molar-refractivity contribution is 6.06. The molecule has 0 saturated heterocycles. The number of fused-ring (bicyclic) bond motifs is 7. The van der Waals surface area contributed by atoms with Crippen molar-refractivity contribution in [1.82, 2.24) is 9.38 Å². The number of imidazole rings is 1. The highest BCUT2D eigenvalue weighted by Gasteiger charge is 2.09. The minimum absolute atomic E-state index is 1.00. The summed E-state index contributed by atoms with van der Waals surface area (Å²) in [5, 5.41) is 3.68. The molecule has 21 heavy (non-hydrogen) atoms. The van der Waals surface area contributed by atoms with Crippen LogP contribution in [0.15, 0.2) is 72.8 Å². The van der Waals surface area contributed by atoms with Crippen LogP contribution in [0.3, 0.4) is 0 Å². The number of benzene rings is 3. The van der Waals surface area contributed by atoms with Gasteiger partial charge in [0.25, 0.3) is 0 Å². The number of hydrogen-bond acceptors (Lipinski definition) is 1. The van der Waals surface area contributed by atoms with E-state index in [9.17, 15) is 0 Å². The van der Waals surface area contributed by atoms with Gasteiger partial charge in [-0.25, -0.2) is 4.98 Å². The van der Waals surface area contributed by atoms with Crippen molar-refractivity contribution in [2.24, 2.45) is 0 Å². The number of para-hydroxylation sites is 1. The molecule has 0 aliphatic carbocycles. The summed E-state index contributed by atoms with van der Waals surface area (Å²) in [6, 6.07) is 25.4. The third-order valence-electron chi connectivity index (χ3n) is 4.17. The molecule has 0 amide bonds. The van der Waals surface area contributed by atoms with E-state index in [0.29, 0.717) is 0 Å². The molecule has 5 rings (SSSR count). The van der Waals surface area contributed by atoms with E-state index in [1.807, 2.05) is 0 Å². The molecule has 0 atom stereocenters. The van der Waals surface area contributed by atoms with Crippen LogP contribution in [0.2, 0.25) is 0 Å². The number of hydrogen-bond donors (Lipinski definition) is 0. The van der Waals surface area contributed by atoms with E-state index >= 15 is 0 Å². The summed E-state index contributed by atoms with van der Waals surface area (Å²) in [4.78, 5) is 4.86. The Bertz CT molecular complexity index is 1140. The minimum Gasteiger partial charge on any atom is -0.292 e. The Labute approximate surface area is 121 Å². The molecular weight excluding hydrogens is 256 g/mol. The average molecular weight is 268 g/mol. The van der Waals surface area contributed by atoms with Crippen LogP contribution in [0.4, 0.5) is 0 Å². The minimum atomic E-state index is 1.00. The number of pyridine rings is 1. The summed E-state index contributed by atoms with van der Waals surface area (Å²) >= 11 is 0. The standard InChI is InChI=1S/C19H12N2/c1-3-7-15-13(5-1)9-11-17-19(15)20-18-12-10-14-6-2-4-8-16(14)21(17)18/h1-12H. The first-order chi connectivity index (χ1) is 10.4. The van der Waals surface area contributed by atoms with E-state index in [1.165, 1.54) is 27.2 Å². The third-order valence-corrected chi connectivity index (χ3v) is 4.17. The van der Waals surface area contributed by atoms with Gasteiger partial charge in [0.15, 0.2) is 0 Å². The predicted octanol–water partition coefficient (Wildman–Crippen LogP) is 4.79. The predicted molar refractivity (Wildman–Crippen MR) is 87.7 cm³/mol. The molecule has 5 aromatic rings. The Hall–Kier alpha value is -2.87. The van der Waals surface area contributed by atoms with Crippen LogP contribution < -0.4 is 0 Å². The fraction of sp³-hybridized carbons (Fsp3) is 0. The highest BCUT2D eigenvalue weighted by Crippen LogP contribution is 2.28. The lowest BCUT2D eigenvalue weighted by Gasteiger charge is -2.03. The maximum absolute atomic E-state index is 4.86. The van der Waals surface area contributed by atoms with Gasteiger partial charge in [-0.1, -0.05) is 48.5 Å². The van der Waals surface area contributed by atoms with E-state index < -0.39 is 0 Å². The van der Waals surface area contributed by atoms with Crippen molar-refractivity contribution >= 4 is 38.4 Å². The van der Waals surface area contributed by atoms with Gasteiger partial charge in [0.1, 0.15) is 5.65 Å². The third kappa shape index (κ3) is 1.39. The molecule has 0 N–H and O–H groups in total. The van der Waals surface area contributed by atoms with Crippen LogP contribution in [0.5, 0.6) is 0 Å². The molecule has 98 valence electrons. The van der Waals surface area contributed by atoms with E-state index in [0.717, 1.165) is 11.2 Å². The molecule has 0 fully saturated rings. The van der Waals surface area contributed by atoms with Gasteiger partial charge in [-0.15, -0.1) is 0 Å². The molecule has 0 aliphatic rings. The lowest BCUT2D eigenvalue weighted by Crippen LogP contribution is -1.87. The van der Waals surface area contributed by atoms with Crippen LogP contribution >= 0.6 is 0 Å². The van der Waals surface area contributed by atoms with Gasteiger partial charge in [-0.3, -0.25) is 4.40 Å². The zero-order valence-electron chi connectivity index (χ0n) is 11.3. The number of rotatable bonds is 0. The van der Waals surface area contributed by atoms with Crippen molar-refractivity contribution in [3.63, 3.8) is 0 Å². The SMILES string of the molecule is c1ccc2c(c1)ccc1c2nc2ccc3ccccc3n21. The first-order valence-corrected chi connectivity index (χ1v) is 7.09. The molecule has 0 spiro atoms. The Morgan fingerprint density at radius 3 is 2.33 bits per heavy atom. The quantitative estimate of drug-likeness (QED) is 0.394. The molecule has 2 aromatic heterocycles. The molecule has 0 radical (unpaired) electrons. The number of aromatic nitrogens is 2. The summed E-state index contributed by atoms with van der Waals surface area (Å²) in [5.41, 5.74) is 4.44. The first kappa shape index (κ1) is 10.9. The van der Waals surface area contributed by atoms with Crippen molar-refractivity contribution in [2.45, 2.75) is 0 Å². The van der Waals surface area contributed by atoms with Gasteiger partial charge in [-0.2, -0.15) is 0 Å². The molecule has 0 saturated carbocycles. The van der Waals surface area contributed by atoms with E-state index in [-0.39, 0.29) is 0 Å². The van der Waals surface area contributed by atoms with Gasteiger partial charge in [0.05, 0.1) is 16.6 Å². The fourth-order valence-corrected chi connectivity index (χ4v) is 3.19. The molecular formula is C19H12N2. The Morgan fingerprint density at radius 2 is 1.38 bits per heavy atom. The van der Waals surface area contributed by atoms with Crippen LogP contribution in [0.1, 0.15) is 0 Å². The summed E-state index contributed by atoms with van der Waals surface area (Å²) in [6.45, 7) is 0. The molecule has 0 bridgehead atoms. The summed E-state index contributed by atoms with van der Waals surface area (Å²) < 4.78 is 2.25. The second-order valence-electron chi connectivity index (χ2n) is 5.35. The van der Waals surface area contributed by atoms with Gasteiger partial charge in [0, 0.05) is 5.39 Å². The monoisotopic (exact) mass is 268 g/mol. The molecule has 2 nitrogen and oxygen atoms in total. The average Bonchev–Trinajstić information content (AvgIpc) is 2.94. The van der Waals surface area contributed by atoms with Crippen molar-refractivity contribution in [2.75, 3.05) is 0 Å². The maximum Gasteiger partial charge on any atom is 0.138 e. The van der Waals surface area contributed by atoms with Crippen LogP contribution in [0, 0.1) is 0 Å². The zero-order chi connectivity index (χ0) is 13.8. The summed E-state index contributed by atoms with van der Waals surface area (Å²) in [7, 11) is 0. The molecule has 0 aliphatic heterocycles. The lowest BCUT2D eigenvalue weighted by molar-refractivity contribution is 1.30. The van der Waals surface area contributed by atoms with Gasteiger partial charge >= 0.3 is 0 Å². The topological polar surface area (TPSA) is 17.3 Å². The maximum atomic E-state index is 4.86.